The first-order chi connectivity index (χ1) is 13.3. The molecule has 3 rings (SSSR count). The highest BCUT2D eigenvalue weighted by Crippen LogP contribution is 2.26. The second-order valence-corrected chi connectivity index (χ2v) is 7.35. The summed E-state index contributed by atoms with van der Waals surface area (Å²) >= 11 is 0. The lowest BCUT2D eigenvalue weighted by Gasteiger charge is -2.32. The first kappa shape index (κ1) is 20.0. The fraction of sp³-hybridized carbons (Fsp3) is 0.500. The van der Waals surface area contributed by atoms with Crippen molar-refractivity contribution in [3.05, 3.63) is 46.9 Å². The summed E-state index contributed by atoms with van der Waals surface area (Å²) in [6.45, 7) is 5.67. The van der Waals surface area contributed by atoms with Crippen LogP contribution in [0.3, 0.4) is 0 Å². The number of rotatable bonds is 5. The maximum absolute atomic E-state index is 12.4. The standard InChI is InChI=1S/C20H26N4O4/c1-11-8-22-15(9-21-11)10-23-19(26)14-4-5-17(18(25)7-14)24-20(27)16-6-12(2)28-13(16)3/h6,8-9,14,17-18,25H,4-5,7,10H2,1-3H3,(H,23,26)(H,24,27)/t14-,17-,18-/m0/s1. The van der Waals surface area contributed by atoms with Crippen molar-refractivity contribution < 1.29 is 19.1 Å². The summed E-state index contributed by atoms with van der Waals surface area (Å²) in [6.07, 6.45) is 3.95. The molecule has 3 N–H and O–H groups in total. The summed E-state index contributed by atoms with van der Waals surface area (Å²) in [5.74, 6) is 0.546. The van der Waals surface area contributed by atoms with Crippen LogP contribution in [0.15, 0.2) is 22.9 Å². The van der Waals surface area contributed by atoms with E-state index in [1.807, 2.05) is 6.92 Å². The van der Waals surface area contributed by atoms with E-state index in [-0.39, 0.29) is 23.8 Å². The van der Waals surface area contributed by atoms with Crippen LogP contribution >= 0.6 is 0 Å². The van der Waals surface area contributed by atoms with E-state index in [4.69, 9.17) is 4.42 Å². The van der Waals surface area contributed by atoms with E-state index >= 15 is 0 Å². The topological polar surface area (TPSA) is 117 Å². The van der Waals surface area contributed by atoms with Crippen molar-refractivity contribution in [1.82, 2.24) is 20.6 Å². The zero-order chi connectivity index (χ0) is 20.3. The van der Waals surface area contributed by atoms with Gasteiger partial charge in [0.15, 0.2) is 0 Å². The number of carbonyl (C=O) groups is 2. The first-order valence-electron chi connectivity index (χ1n) is 9.44. The third-order valence-corrected chi connectivity index (χ3v) is 5.07. The molecule has 3 atom stereocenters. The largest absolute Gasteiger partial charge is 0.466 e. The molecule has 0 radical (unpaired) electrons. The van der Waals surface area contributed by atoms with E-state index in [2.05, 4.69) is 20.6 Å². The van der Waals surface area contributed by atoms with Gasteiger partial charge in [0.2, 0.25) is 5.91 Å². The van der Waals surface area contributed by atoms with Gasteiger partial charge in [-0.1, -0.05) is 0 Å². The first-order valence-corrected chi connectivity index (χ1v) is 9.44. The van der Waals surface area contributed by atoms with E-state index in [0.29, 0.717) is 48.6 Å². The van der Waals surface area contributed by atoms with E-state index in [9.17, 15) is 14.7 Å². The van der Waals surface area contributed by atoms with Crippen LogP contribution in [0, 0.1) is 26.7 Å². The van der Waals surface area contributed by atoms with Gasteiger partial charge < -0.3 is 20.2 Å². The molecule has 1 fully saturated rings. The van der Waals surface area contributed by atoms with Gasteiger partial charge in [0.1, 0.15) is 11.5 Å². The predicted octanol–water partition coefficient (Wildman–Crippen LogP) is 1.57. The Morgan fingerprint density at radius 1 is 1.21 bits per heavy atom. The number of aliphatic hydroxyl groups is 1. The number of aryl methyl sites for hydroxylation is 3. The summed E-state index contributed by atoms with van der Waals surface area (Å²) < 4.78 is 5.38. The Hall–Kier alpha value is -2.74. The van der Waals surface area contributed by atoms with Gasteiger partial charge in [0, 0.05) is 12.1 Å². The molecule has 0 saturated heterocycles. The predicted molar refractivity (Wildman–Crippen MR) is 101 cm³/mol. The Morgan fingerprint density at radius 2 is 2.00 bits per heavy atom. The maximum atomic E-state index is 12.4. The summed E-state index contributed by atoms with van der Waals surface area (Å²) in [4.78, 5) is 33.2. The number of nitrogens with zero attached hydrogens (tertiary/aromatic N) is 2. The monoisotopic (exact) mass is 386 g/mol. The Balaban J connectivity index is 1.50. The molecule has 2 heterocycles. The van der Waals surface area contributed by atoms with Gasteiger partial charge in [-0.25, -0.2) is 0 Å². The Labute approximate surface area is 163 Å². The van der Waals surface area contributed by atoms with Gasteiger partial charge >= 0.3 is 0 Å². The highest BCUT2D eigenvalue weighted by molar-refractivity contribution is 5.95. The van der Waals surface area contributed by atoms with Gasteiger partial charge in [0.25, 0.3) is 5.91 Å². The number of carbonyl (C=O) groups excluding carboxylic acids is 2. The molecular weight excluding hydrogens is 360 g/mol. The maximum Gasteiger partial charge on any atom is 0.255 e. The lowest BCUT2D eigenvalue weighted by molar-refractivity contribution is -0.127. The molecule has 0 aliphatic heterocycles. The minimum atomic E-state index is -0.777. The number of nitrogens with one attached hydrogen (secondary N) is 2. The summed E-state index contributed by atoms with van der Waals surface area (Å²) in [7, 11) is 0. The van der Waals surface area contributed by atoms with E-state index in [1.54, 1.807) is 32.3 Å². The second-order valence-electron chi connectivity index (χ2n) is 7.35. The molecule has 2 amide bonds. The minimum Gasteiger partial charge on any atom is -0.466 e. The molecular formula is C20H26N4O4. The van der Waals surface area contributed by atoms with Crippen LogP contribution in [-0.2, 0) is 11.3 Å². The van der Waals surface area contributed by atoms with Crippen molar-refractivity contribution in [3.63, 3.8) is 0 Å². The van der Waals surface area contributed by atoms with Crippen molar-refractivity contribution in [1.29, 1.82) is 0 Å². The number of aromatic nitrogens is 2. The number of aliphatic hydroxyl groups excluding tert-OH is 1. The fourth-order valence-electron chi connectivity index (χ4n) is 3.49. The highest BCUT2D eigenvalue weighted by Gasteiger charge is 2.34. The van der Waals surface area contributed by atoms with Crippen molar-refractivity contribution in [2.24, 2.45) is 5.92 Å². The van der Waals surface area contributed by atoms with Crippen LogP contribution in [-0.4, -0.2) is 39.0 Å². The molecule has 1 saturated carbocycles. The molecule has 1 aliphatic carbocycles. The number of hydrogen-bond acceptors (Lipinski definition) is 6. The number of hydrogen-bond donors (Lipinski definition) is 3. The van der Waals surface area contributed by atoms with E-state index in [1.165, 1.54) is 0 Å². The van der Waals surface area contributed by atoms with Crippen LogP contribution in [0.1, 0.15) is 52.5 Å². The van der Waals surface area contributed by atoms with E-state index in [0.717, 1.165) is 5.69 Å². The van der Waals surface area contributed by atoms with Crippen molar-refractivity contribution in [2.45, 2.75) is 58.7 Å². The van der Waals surface area contributed by atoms with Crippen LogP contribution in [0.2, 0.25) is 0 Å². The number of furan rings is 1. The fourth-order valence-corrected chi connectivity index (χ4v) is 3.49. The molecule has 8 nitrogen and oxygen atoms in total. The molecule has 2 aromatic rings. The van der Waals surface area contributed by atoms with E-state index < -0.39 is 6.10 Å². The molecule has 2 aromatic heterocycles. The lowest BCUT2D eigenvalue weighted by atomic mass is 9.83. The zero-order valence-corrected chi connectivity index (χ0v) is 16.4. The van der Waals surface area contributed by atoms with Gasteiger partial charge in [-0.05, 0) is 46.1 Å². The van der Waals surface area contributed by atoms with Crippen LogP contribution in [0.25, 0.3) is 0 Å². The van der Waals surface area contributed by atoms with Crippen molar-refractivity contribution in [2.75, 3.05) is 0 Å². The normalized spacial score (nSPS) is 21.9. The molecule has 0 spiro atoms. The summed E-state index contributed by atoms with van der Waals surface area (Å²) in [6, 6.07) is 1.30. The summed E-state index contributed by atoms with van der Waals surface area (Å²) in [5.41, 5.74) is 1.98. The Bertz CT molecular complexity index is 846. The van der Waals surface area contributed by atoms with Crippen LogP contribution < -0.4 is 10.6 Å². The molecule has 0 bridgehead atoms. The minimum absolute atomic E-state index is 0.118. The number of amides is 2. The molecule has 8 heteroatoms. The Kier molecular flexibility index (Phi) is 6.08. The van der Waals surface area contributed by atoms with Crippen LogP contribution in [0.4, 0.5) is 0 Å². The third-order valence-electron chi connectivity index (χ3n) is 5.07. The average Bonchev–Trinajstić information content (AvgIpc) is 3.01. The van der Waals surface area contributed by atoms with Gasteiger partial charge in [-0.15, -0.1) is 0 Å². The van der Waals surface area contributed by atoms with Crippen LogP contribution in [0.5, 0.6) is 0 Å². The van der Waals surface area contributed by atoms with Crippen molar-refractivity contribution in [3.8, 4) is 0 Å². The Morgan fingerprint density at radius 3 is 2.61 bits per heavy atom. The van der Waals surface area contributed by atoms with Crippen molar-refractivity contribution >= 4 is 11.8 Å². The quantitative estimate of drug-likeness (QED) is 0.718. The molecule has 0 aromatic carbocycles. The molecule has 150 valence electrons. The summed E-state index contributed by atoms with van der Waals surface area (Å²) in [5, 5.41) is 16.1. The van der Waals surface area contributed by atoms with Gasteiger partial charge in [-0.3, -0.25) is 19.6 Å². The molecule has 1 aliphatic rings. The molecule has 28 heavy (non-hydrogen) atoms. The second kappa shape index (κ2) is 8.52. The smallest absolute Gasteiger partial charge is 0.255 e. The highest BCUT2D eigenvalue weighted by atomic mass is 16.3. The van der Waals surface area contributed by atoms with Gasteiger partial charge in [-0.2, -0.15) is 0 Å². The average molecular weight is 386 g/mol. The molecule has 0 unspecified atom stereocenters. The van der Waals surface area contributed by atoms with Gasteiger partial charge in [0.05, 0.1) is 41.8 Å². The SMILES string of the molecule is Cc1cnc(CNC(=O)[C@H]2CC[C@H](NC(=O)c3cc(C)oc3C)[C@@H](O)C2)cn1. The third kappa shape index (κ3) is 4.75. The zero-order valence-electron chi connectivity index (χ0n) is 16.4. The lowest BCUT2D eigenvalue weighted by Crippen LogP contribution is -2.49.